The fraction of sp³-hybridized carbons (Fsp3) is 0.625. The zero-order valence-corrected chi connectivity index (χ0v) is 17.3. The minimum absolute atomic E-state index is 0.158. The summed E-state index contributed by atoms with van der Waals surface area (Å²) >= 11 is 0. The number of likely N-dealkylation sites (tertiary alicyclic amines) is 1. The molecule has 1 aliphatic heterocycles. The third-order valence-corrected chi connectivity index (χ3v) is 6.21. The lowest BCUT2D eigenvalue weighted by Gasteiger charge is -2.32. The monoisotopic (exact) mass is 368 g/mol. The number of aromatic nitrogens is 1. The molecule has 2 aromatic rings. The summed E-state index contributed by atoms with van der Waals surface area (Å²) in [7, 11) is 0. The van der Waals surface area contributed by atoms with Crippen molar-refractivity contribution in [3.8, 4) is 0 Å². The van der Waals surface area contributed by atoms with Crippen LogP contribution in [0.15, 0.2) is 30.5 Å². The van der Waals surface area contributed by atoms with Gasteiger partial charge in [0.2, 0.25) is 0 Å². The van der Waals surface area contributed by atoms with Gasteiger partial charge in [0.25, 0.3) is 0 Å². The van der Waals surface area contributed by atoms with Gasteiger partial charge in [0, 0.05) is 29.2 Å². The van der Waals surface area contributed by atoms with Gasteiger partial charge >= 0.3 is 0 Å². The van der Waals surface area contributed by atoms with Crippen LogP contribution >= 0.6 is 0 Å². The molecule has 0 aliphatic carbocycles. The summed E-state index contributed by atoms with van der Waals surface area (Å²) in [6.07, 6.45) is 13.0. The molecule has 1 aliphatic rings. The first-order chi connectivity index (χ1) is 13.2. The minimum atomic E-state index is 0.158. The number of aryl methyl sites for hydroxylation is 1. The molecule has 0 bridgehead atoms. The number of benzene rings is 1. The molecule has 0 saturated carbocycles. The van der Waals surface area contributed by atoms with Crippen LogP contribution in [0.1, 0.15) is 75.6 Å². The predicted octanol–water partition coefficient (Wildman–Crippen LogP) is 5.92. The van der Waals surface area contributed by atoms with Gasteiger partial charge in [0.1, 0.15) is 0 Å². The molecule has 3 rings (SSSR count). The Balaban J connectivity index is 1.43. The smallest absolute Gasteiger partial charge is 0.161 e. The van der Waals surface area contributed by atoms with Crippen molar-refractivity contribution < 1.29 is 4.79 Å². The summed E-state index contributed by atoms with van der Waals surface area (Å²) in [4.78, 5) is 14.6. The van der Waals surface area contributed by atoms with E-state index in [2.05, 4.69) is 40.8 Å². The SMILES string of the molecule is CCCCCCC1CCN(CCCn2cc(C(C)=O)c3ccccc32)CC1. The normalized spacial score (nSPS) is 16.2. The van der Waals surface area contributed by atoms with Crippen LogP contribution in [0, 0.1) is 5.92 Å². The number of rotatable bonds is 10. The van der Waals surface area contributed by atoms with Gasteiger partial charge < -0.3 is 9.47 Å². The Morgan fingerprint density at radius 1 is 1.04 bits per heavy atom. The van der Waals surface area contributed by atoms with Crippen LogP contribution in [0.4, 0.5) is 0 Å². The van der Waals surface area contributed by atoms with Crippen molar-refractivity contribution in [3.63, 3.8) is 0 Å². The third kappa shape index (κ3) is 5.44. The molecule has 2 heterocycles. The Bertz CT molecular complexity index is 725. The van der Waals surface area contributed by atoms with E-state index in [9.17, 15) is 4.79 Å². The minimum Gasteiger partial charge on any atom is -0.347 e. The maximum absolute atomic E-state index is 11.9. The van der Waals surface area contributed by atoms with Crippen LogP contribution in [0.5, 0.6) is 0 Å². The van der Waals surface area contributed by atoms with Gasteiger partial charge in [-0.05, 0) is 57.8 Å². The van der Waals surface area contributed by atoms with E-state index >= 15 is 0 Å². The predicted molar refractivity (Wildman–Crippen MR) is 114 cm³/mol. The van der Waals surface area contributed by atoms with Gasteiger partial charge in [-0.15, -0.1) is 0 Å². The summed E-state index contributed by atoms with van der Waals surface area (Å²) in [5.74, 6) is 1.12. The molecule has 0 amide bonds. The highest BCUT2D eigenvalue weighted by Gasteiger charge is 2.18. The van der Waals surface area contributed by atoms with Crippen LogP contribution in [-0.2, 0) is 6.54 Å². The van der Waals surface area contributed by atoms with E-state index in [-0.39, 0.29) is 5.78 Å². The number of carbonyl (C=O) groups excluding carboxylic acids is 1. The molecule has 0 N–H and O–H groups in total. The van der Waals surface area contributed by atoms with Crippen LogP contribution in [0.3, 0.4) is 0 Å². The molecule has 1 aromatic carbocycles. The van der Waals surface area contributed by atoms with E-state index in [0.29, 0.717) is 0 Å². The molecule has 27 heavy (non-hydrogen) atoms. The molecule has 3 nitrogen and oxygen atoms in total. The fourth-order valence-corrected chi connectivity index (χ4v) is 4.54. The van der Waals surface area contributed by atoms with Crippen LogP contribution in [0.2, 0.25) is 0 Å². The van der Waals surface area contributed by atoms with Gasteiger partial charge in [0.15, 0.2) is 5.78 Å². The van der Waals surface area contributed by atoms with E-state index in [1.807, 2.05) is 6.07 Å². The van der Waals surface area contributed by atoms with E-state index in [1.165, 1.54) is 70.1 Å². The van der Waals surface area contributed by atoms with Crippen LogP contribution in [-0.4, -0.2) is 34.9 Å². The highest BCUT2D eigenvalue weighted by Crippen LogP contribution is 2.24. The Kier molecular flexibility index (Phi) is 7.51. The number of fused-ring (bicyclic) bond motifs is 1. The maximum atomic E-state index is 11.9. The van der Waals surface area contributed by atoms with Crippen LogP contribution < -0.4 is 0 Å². The Morgan fingerprint density at radius 3 is 2.56 bits per heavy atom. The quantitative estimate of drug-likeness (QED) is 0.384. The maximum Gasteiger partial charge on any atom is 0.161 e. The third-order valence-electron chi connectivity index (χ3n) is 6.21. The standard InChI is InChI=1S/C24H36N2O/c1-3-4-5-6-10-21-13-17-25(18-14-21)15-9-16-26-19-23(20(2)27)22-11-7-8-12-24(22)26/h7-8,11-12,19,21H,3-6,9-10,13-18H2,1-2H3. The molecule has 148 valence electrons. The van der Waals surface area contributed by atoms with Crippen molar-refractivity contribution in [3.05, 3.63) is 36.0 Å². The summed E-state index contributed by atoms with van der Waals surface area (Å²) in [6.45, 7) is 8.65. The van der Waals surface area contributed by atoms with Gasteiger partial charge in [0.05, 0.1) is 0 Å². The number of piperidine rings is 1. The highest BCUT2D eigenvalue weighted by molar-refractivity contribution is 6.06. The number of ketones is 1. The summed E-state index contributed by atoms with van der Waals surface area (Å²) < 4.78 is 2.27. The van der Waals surface area contributed by atoms with Crippen molar-refractivity contribution in [2.75, 3.05) is 19.6 Å². The lowest BCUT2D eigenvalue weighted by atomic mass is 9.91. The highest BCUT2D eigenvalue weighted by atomic mass is 16.1. The zero-order chi connectivity index (χ0) is 19.1. The molecule has 0 radical (unpaired) electrons. The van der Waals surface area contributed by atoms with Gasteiger partial charge in [-0.25, -0.2) is 0 Å². The molecule has 1 aromatic heterocycles. The molecule has 1 fully saturated rings. The van der Waals surface area contributed by atoms with E-state index in [0.717, 1.165) is 29.8 Å². The van der Waals surface area contributed by atoms with Crippen molar-refractivity contribution in [1.82, 2.24) is 9.47 Å². The number of hydrogen-bond acceptors (Lipinski definition) is 2. The molecule has 0 atom stereocenters. The van der Waals surface area contributed by atoms with E-state index in [1.54, 1.807) is 6.92 Å². The van der Waals surface area contributed by atoms with Gasteiger partial charge in [-0.1, -0.05) is 57.2 Å². The second-order valence-electron chi connectivity index (χ2n) is 8.30. The largest absolute Gasteiger partial charge is 0.347 e. The first kappa shape index (κ1) is 20.1. The van der Waals surface area contributed by atoms with Crippen LogP contribution in [0.25, 0.3) is 10.9 Å². The van der Waals surface area contributed by atoms with Crippen molar-refractivity contribution in [1.29, 1.82) is 0 Å². The average molecular weight is 369 g/mol. The molecule has 0 spiro atoms. The molecular weight excluding hydrogens is 332 g/mol. The first-order valence-electron chi connectivity index (χ1n) is 11.0. The lowest BCUT2D eigenvalue weighted by Crippen LogP contribution is -2.34. The number of carbonyl (C=O) groups is 1. The number of unbranched alkanes of at least 4 members (excludes halogenated alkanes) is 3. The number of Topliss-reactive ketones (excluding diaryl/α,β-unsaturated/α-hetero) is 1. The molecule has 3 heteroatoms. The summed E-state index contributed by atoms with van der Waals surface area (Å²) in [6, 6.07) is 8.28. The van der Waals surface area contributed by atoms with Crippen molar-refractivity contribution >= 4 is 16.7 Å². The zero-order valence-electron chi connectivity index (χ0n) is 17.3. The summed E-state index contributed by atoms with van der Waals surface area (Å²) in [5.41, 5.74) is 2.04. The molecule has 0 unspecified atom stereocenters. The fourth-order valence-electron chi connectivity index (χ4n) is 4.54. The van der Waals surface area contributed by atoms with Gasteiger partial charge in [-0.3, -0.25) is 4.79 Å². The number of nitrogens with zero attached hydrogens (tertiary/aromatic N) is 2. The number of hydrogen-bond donors (Lipinski definition) is 0. The topological polar surface area (TPSA) is 25.2 Å². The second-order valence-corrected chi connectivity index (χ2v) is 8.30. The number of para-hydroxylation sites is 1. The first-order valence-corrected chi connectivity index (χ1v) is 11.0. The molecule has 1 saturated heterocycles. The van der Waals surface area contributed by atoms with E-state index < -0.39 is 0 Å². The van der Waals surface area contributed by atoms with E-state index in [4.69, 9.17) is 0 Å². The average Bonchev–Trinajstić information content (AvgIpc) is 3.06. The molecular formula is C24H36N2O. The second kappa shape index (κ2) is 10.1. The van der Waals surface area contributed by atoms with Gasteiger partial charge in [-0.2, -0.15) is 0 Å². The summed E-state index contributed by atoms with van der Waals surface area (Å²) in [5, 5.41) is 1.09. The Morgan fingerprint density at radius 2 is 1.81 bits per heavy atom. The Labute approximate surface area is 164 Å². The van der Waals surface area contributed by atoms with Crippen molar-refractivity contribution in [2.24, 2.45) is 5.92 Å². The Hall–Kier alpha value is -1.61. The van der Waals surface area contributed by atoms with Crippen molar-refractivity contribution in [2.45, 2.75) is 71.8 Å². The lowest BCUT2D eigenvalue weighted by molar-refractivity contribution is 0.101.